The maximum atomic E-state index is 5.17. The molecule has 2 aromatic rings. The number of ether oxygens (including phenoxy) is 1. The van der Waals surface area contributed by atoms with Gasteiger partial charge in [-0.25, -0.2) is 9.67 Å². The first-order valence-corrected chi connectivity index (χ1v) is 6.98. The van der Waals surface area contributed by atoms with E-state index in [1.807, 2.05) is 16.8 Å². The highest BCUT2D eigenvalue weighted by Crippen LogP contribution is 2.17. The van der Waals surface area contributed by atoms with E-state index in [1.54, 1.807) is 13.4 Å². The third kappa shape index (κ3) is 3.57. The average Bonchev–Trinajstić information content (AvgIpc) is 2.92. The van der Waals surface area contributed by atoms with Crippen molar-refractivity contribution in [2.45, 2.75) is 39.4 Å². The number of nitrogens with one attached hydrogen (secondary N) is 1. The van der Waals surface area contributed by atoms with E-state index < -0.39 is 0 Å². The van der Waals surface area contributed by atoms with Crippen LogP contribution in [0.3, 0.4) is 0 Å². The van der Waals surface area contributed by atoms with Gasteiger partial charge in [-0.3, -0.25) is 0 Å². The molecular weight excluding hydrogens is 252 g/mol. The van der Waals surface area contributed by atoms with Gasteiger partial charge >= 0.3 is 0 Å². The minimum Gasteiger partial charge on any atom is -0.497 e. The van der Waals surface area contributed by atoms with Crippen molar-refractivity contribution in [1.82, 2.24) is 20.1 Å². The van der Waals surface area contributed by atoms with E-state index in [9.17, 15) is 0 Å². The Morgan fingerprint density at radius 2 is 2.05 bits per heavy atom. The predicted octanol–water partition coefficient (Wildman–Crippen LogP) is 2.55. The Bertz CT molecular complexity index is 521. The van der Waals surface area contributed by atoms with Gasteiger partial charge in [0.1, 0.15) is 17.9 Å². The number of hydrogen-bond acceptors (Lipinski definition) is 4. The third-order valence-electron chi connectivity index (χ3n) is 3.31. The van der Waals surface area contributed by atoms with Crippen LogP contribution < -0.4 is 10.1 Å². The Hall–Kier alpha value is -1.88. The summed E-state index contributed by atoms with van der Waals surface area (Å²) in [6.45, 7) is 5.91. The standard InChI is InChI=1S/C15H22N4O/c1-4-9-19-15(17-11-18-19)10-16-12(2)13-5-7-14(20-3)8-6-13/h5-8,11-12,16H,4,9-10H2,1-3H3/t12-/m1/s1. The van der Waals surface area contributed by atoms with Crippen LogP contribution in [0.4, 0.5) is 0 Å². The molecule has 0 fully saturated rings. The van der Waals surface area contributed by atoms with Crippen LogP contribution in [0, 0.1) is 0 Å². The van der Waals surface area contributed by atoms with Gasteiger partial charge in [0.25, 0.3) is 0 Å². The van der Waals surface area contributed by atoms with Crippen LogP contribution in [0.15, 0.2) is 30.6 Å². The summed E-state index contributed by atoms with van der Waals surface area (Å²) in [5, 5.41) is 7.70. The maximum Gasteiger partial charge on any atom is 0.140 e. The minimum atomic E-state index is 0.257. The minimum absolute atomic E-state index is 0.257. The fraction of sp³-hybridized carbons (Fsp3) is 0.467. The Morgan fingerprint density at radius 1 is 1.30 bits per heavy atom. The maximum absolute atomic E-state index is 5.17. The summed E-state index contributed by atoms with van der Waals surface area (Å²) in [5.41, 5.74) is 1.23. The first-order valence-electron chi connectivity index (χ1n) is 6.98. The molecule has 0 unspecified atom stereocenters. The van der Waals surface area contributed by atoms with Crippen LogP contribution in [-0.4, -0.2) is 21.9 Å². The summed E-state index contributed by atoms with van der Waals surface area (Å²) < 4.78 is 7.12. The molecule has 0 aliphatic rings. The fourth-order valence-corrected chi connectivity index (χ4v) is 2.08. The van der Waals surface area contributed by atoms with E-state index in [-0.39, 0.29) is 6.04 Å². The number of benzene rings is 1. The highest BCUT2D eigenvalue weighted by atomic mass is 16.5. The molecule has 0 aliphatic heterocycles. The third-order valence-corrected chi connectivity index (χ3v) is 3.31. The van der Waals surface area contributed by atoms with Crippen LogP contribution in [0.1, 0.15) is 37.7 Å². The van der Waals surface area contributed by atoms with Gasteiger partial charge in [0.15, 0.2) is 0 Å². The number of aromatic nitrogens is 3. The van der Waals surface area contributed by atoms with Crippen molar-refractivity contribution < 1.29 is 4.74 Å². The topological polar surface area (TPSA) is 52.0 Å². The number of aryl methyl sites for hydroxylation is 1. The predicted molar refractivity (Wildman–Crippen MR) is 78.6 cm³/mol. The van der Waals surface area contributed by atoms with E-state index in [0.717, 1.165) is 24.5 Å². The molecule has 5 heteroatoms. The van der Waals surface area contributed by atoms with E-state index in [4.69, 9.17) is 4.74 Å². The smallest absolute Gasteiger partial charge is 0.140 e. The van der Waals surface area contributed by atoms with Crippen LogP contribution in [-0.2, 0) is 13.1 Å². The van der Waals surface area contributed by atoms with Crippen LogP contribution in [0.2, 0.25) is 0 Å². The molecule has 5 nitrogen and oxygen atoms in total. The van der Waals surface area contributed by atoms with Gasteiger partial charge in [-0.2, -0.15) is 5.10 Å². The van der Waals surface area contributed by atoms with Gasteiger partial charge in [-0.05, 0) is 31.0 Å². The molecular formula is C15H22N4O. The van der Waals surface area contributed by atoms with E-state index in [0.29, 0.717) is 6.54 Å². The SMILES string of the molecule is CCCn1ncnc1CN[C@H](C)c1ccc(OC)cc1. The molecule has 1 atom stereocenters. The number of nitrogens with zero attached hydrogens (tertiary/aromatic N) is 3. The van der Waals surface area contributed by atoms with E-state index in [1.165, 1.54) is 5.56 Å². The first kappa shape index (κ1) is 14.5. The molecule has 0 saturated carbocycles. The number of rotatable bonds is 7. The Labute approximate surface area is 120 Å². The van der Waals surface area contributed by atoms with Crippen molar-refractivity contribution in [3.63, 3.8) is 0 Å². The normalized spacial score (nSPS) is 12.3. The van der Waals surface area contributed by atoms with E-state index >= 15 is 0 Å². The lowest BCUT2D eigenvalue weighted by Gasteiger charge is -2.14. The highest BCUT2D eigenvalue weighted by molar-refractivity contribution is 5.28. The lowest BCUT2D eigenvalue weighted by Crippen LogP contribution is -2.21. The Kier molecular flexibility index (Phi) is 5.12. The summed E-state index contributed by atoms with van der Waals surface area (Å²) in [7, 11) is 1.68. The molecule has 0 aliphatic carbocycles. The Morgan fingerprint density at radius 3 is 2.70 bits per heavy atom. The molecule has 2 rings (SSSR count). The monoisotopic (exact) mass is 274 g/mol. The lowest BCUT2D eigenvalue weighted by molar-refractivity contribution is 0.414. The second-order valence-electron chi connectivity index (χ2n) is 4.78. The average molecular weight is 274 g/mol. The molecule has 1 aromatic heterocycles. The fourth-order valence-electron chi connectivity index (χ4n) is 2.08. The van der Waals surface area contributed by atoms with Crippen molar-refractivity contribution in [3.05, 3.63) is 42.0 Å². The zero-order chi connectivity index (χ0) is 14.4. The van der Waals surface area contributed by atoms with Crippen LogP contribution in [0.5, 0.6) is 5.75 Å². The first-order chi connectivity index (χ1) is 9.74. The molecule has 1 aromatic carbocycles. The van der Waals surface area contributed by atoms with Crippen LogP contribution >= 0.6 is 0 Å². The van der Waals surface area contributed by atoms with Gasteiger partial charge in [0.05, 0.1) is 13.7 Å². The van der Waals surface area contributed by atoms with Gasteiger partial charge in [0.2, 0.25) is 0 Å². The van der Waals surface area contributed by atoms with Gasteiger partial charge < -0.3 is 10.1 Å². The molecule has 0 amide bonds. The van der Waals surface area contributed by atoms with Gasteiger partial charge in [-0.1, -0.05) is 19.1 Å². The molecule has 0 spiro atoms. The van der Waals surface area contributed by atoms with Crippen molar-refractivity contribution in [2.24, 2.45) is 0 Å². The molecule has 0 radical (unpaired) electrons. The summed E-state index contributed by atoms with van der Waals surface area (Å²) in [4.78, 5) is 4.30. The second-order valence-corrected chi connectivity index (χ2v) is 4.78. The van der Waals surface area contributed by atoms with Crippen LogP contribution in [0.25, 0.3) is 0 Å². The Balaban J connectivity index is 1.93. The summed E-state index contributed by atoms with van der Waals surface area (Å²) in [6, 6.07) is 8.37. The zero-order valence-electron chi connectivity index (χ0n) is 12.3. The number of hydrogen-bond donors (Lipinski definition) is 1. The quantitative estimate of drug-likeness (QED) is 0.843. The molecule has 20 heavy (non-hydrogen) atoms. The zero-order valence-corrected chi connectivity index (χ0v) is 12.3. The van der Waals surface area contributed by atoms with Crippen molar-refractivity contribution in [1.29, 1.82) is 0 Å². The van der Waals surface area contributed by atoms with Crippen molar-refractivity contribution in [2.75, 3.05) is 7.11 Å². The highest BCUT2D eigenvalue weighted by Gasteiger charge is 2.08. The molecule has 0 saturated heterocycles. The van der Waals surface area contributed by atoms with Gasteiger partial charge in [-0.15, -0.1) is 0 Å². The molecule has 108 valence electrons. The summed E-state index contributed by atoms with van der Waals surface area (Å²) in [5.74, 6) is 1.86. The van der Waals surface area contributed by atoms with Crippen molar-refractivity contribution >= 4 is 0 Å². The van der Waals surface area contributed by atoms with Crippen molar-refractivity contribution in [3.8, 4) is 5.75 Å². The van der Waals surface area contributed by atoms with Gasteiger partial charge in [0, 0.05) is 12.6 Å². The largest absolute Gasteiger partial charge is 0.497 e. The lowest BCUT2D eigenvalue weighted by atomic mass is 10.1. The van der Waals surface area contributed by atoms with E-state index in [2.05, 4.69) is 41.4 Å². The summed E-state index contributed by atoms with van der Waals surface area (Å²) in [6.07, 6.45) is 2.68. The second kappa shape index (κ2) is 7.05. The molecule has 1 heterocycles. The molecule has 1 N–H and O–H groups in total. The summed E-state index contributed by atoms with van der Waals surface area (Å²) >= 11 is 0. The molecule has 0 bridgehead atoms. The number of methoxy groups -OCH3 is 1.